The molecule has 1 aliphatic rings. The Hall–Kier alpha value is -0.610. The molecule has 1 saturated carbocycles. The summed E-state index contributed by atoms with van der Waals surface area (Å²) in [5, 5.41) is 12.3. The number of carbonyl (C=O) groups is 1. The largest absolute Gasteiger partial charge is 0.396 e. The van der Waals surface area contributed by atoms with Crippen molar-refractivity contribution in [2.75, 3.05) is 6.61 Å². The second-order valence-corrected chi connectivity index (χ2v) is 4.12. The van der Waals surface area contributed by atoms with E-state index >= 15 is 0 Å². The van der Waals surface area contributed by atoms with E-state index in [1.165, 1.54) is 12.8 Å². The number of nitrogens with one attached hydrogen (secondary N) is 1. The average Bonchev–Trinajstić information content (AvgIpc) is 2.18. The van der Waals surface area contributed by atoms with E-state index in [9.17, 15) is 4.79 Å². The Bertz CT molecular complexity index is 197. The fraction of sp³-hybridized carbons (Fsp3) is 0.900. The fourth-order valence-electron chi connectivity index (χ4n) is 2.05. The molecule has 3 unspecified atom stereocenters. The van der Waals surface area contributed by atoms with Gasteiger partial charge in [-0.2, -0.15) is 0 Å². The van der Waals surface area contributed by atoms with Crippen molar-refractivity contribution < 1.29 is 9.90 Å². The molecule has 1 fully saturated rings. The summed E-state index contributed by atoms with van der Waals surface area (Å²) in [6, 6.07) is -0.0524. The number of primary amides is 1. The minimum Gasteiger partial charge on any atom is -0.396 e. The Kier molecular flexibility index (Phi) is 4.35. The van der Waals surface area contributed by atoms with Gasteiger partial charge in [-0.3, -0.25) is 4.79 Å². The van der Waals surface area contributed by atoms with Gasteiger partial charge in [0.05, 0.1) is 6.04 Å². The highest BCUT2D eigenvalue weighted by molar-refractivity contribution is 5.79. The number of hydrogen-bond acceptors (Lipinski definition) is 3. The molecule has 82 valence electrons. The minimum atomic E-state index is -0.327. The van der Waals surface area contributed by atoms with Crippen LogP contribution in [0, 0.1) is 5.92 Å². The number of amides is 1. The number of aliphatic hydroxyl groups excluding tert-OH is 1. The van der Waals surface area contributed by atoms with Crippen molar-refractivity contribution in [3.8, 4) is 0 Å². The Morgan fingerprint density at radius 1 is 1.57 bits per heavy atom. The highest BCUT2D eigenvalue weighted by Gasteiger charge is 2.26. The normalized spacial score (nSPS) is 29.9. The van der Waals surface area contributed by atoms with Gasteiger partial charge >= 0.3 is 0 Å². The topological polar surface area (TPSA) is 75.3 Å². The smallest absolute Gasteiger partial charge is 0.234 e. The van der Waals surface area contributed by atoms with Gasteiger partial charge in [0.2, 0.25) is 5.91 Å². The molecule has 0 radical (unpaired) electrons. The number of carbonyl (C=O) groups excluding carboxylic acids is 1. The molecule has 0 aromatic rings. The van der Waals surface area contributed by atoms with Crippen LogP contribution < -0.4 is 11.1 Å². The maximum atomic E-state index is 10.9. The molecule has 3 atom stereocenters. The molecule has 0 bridgehead atoms. The highest BCUT2D eigenvalue weighted by Crippen LogP contribution is 2.24. The van der Waals surface area contributed by atoms with Crippen molar-refractivity contribution in [1.29, 1.82) is 0 Å². The first-order chi connectivity index (χ1) is 6.65. The van der Waals surface area contributed by atoms with Crippen LogP contribution >= 0.6 is 0 Å². The van der Waals surface area contributed by atoms with Crippen molar-refractivity contribution >= 4 is 5.91 Å². The summed E-state index contributed by atoms with van der Waals surface area (Å²) < 4.78 is 0. The predicted octanol–water partition coefficient (Wildman–Crippen LogP) is 0.000900. The van der Waals surface area contributed by atoms with Gasteiger partial charge in [0.15, 0.2) is 0 Å². The first-order valence-electron chi connectivity index (χ1n) is 5.31. The van der Waals surface area contributed by atoms with E-state index in [2.05, 4.69) is 5.32 Å². The summed E-state index contributed by atoms with van der Waals surface area (Å²) in [7, 11) is 0. The first-order valence-corrected chi connectivity index (χ1v) is 5.31. The summed E-state index contributed by atoms with van der Waals surface area (Å²) in [5.41, 5.74) is 5.18. The van der Waals surface area contributed by atoms with Gasteiger partial charge in [-0.1, -0.05) is 12.8 Å². The Balaban J connectivity index is 2.44. The fourth-order valence-corrected chi connectivity index (χ4v) is 2.05. The summed E-state index contributed by atoms with van der Waals surface area (Å²) in [6.07, 6.45) is 4.41. The van der Waals surface area contributed by atoms with E-state index < -0.39 is 0 Å². The second kappa shape index (κ2) is 5.32. The number of nitrogens with two attached hydrogens (primary N) is 1. The van der Waals surface area contributed by atoms with Crippen LogP contribution in [0.4, 0.5) is 0 Å². The van der Waals surface area contributed by atoms with E-state index in [0.29, 0.717) is 0 Å². The van der Waals surface area contributed by atoms with Crippen LogP contribution in [0.25, 0.3) is 0 Å². The third-order valence-corrected chi connectivity index (χ3v) is 3.03. The number of hydrogen-bond donors (Lipinski definition) is 3. The van der Waals surface area contributed by atoms with E-state index in [4.69, 9.17) is 10.8 Å². The zero-order chi connectivity index (χ0) is 10.6. The van der Waals surface area contributed by atoms with Crippen LogP contribution in [0.2, 0.25) is 0 Å². The molecular formula is C10H20N2O2. The maximum absolute atomic E-state index is 10.9. The van der Waals surface area contributed by atoms with Crippen LogP contribution in [0.3, 0.4) is 0 Å². The van der Waals surface area contributed by atoms with Gasteiger partial charge < -0.3 is 16.2 Å². The highest BCUT2D eigenvalue weighted by atomic mass is 16.3. The van der Waals surface area contributed by atoms with Crippen molar-refractivity contribution in [3.63, 3.8) is 0 Å². The van der Waals surface area contributed by atoms with Gasteiger partial charge in [-0.25, -0.2) is 0 Å². The second-order valence-electron chi connectivity index (χ2n) is 4.12. The molecule has 4 N–H and O–H groups in total. The van der Waals surface area contributed by atoms with E-state index in [1.807, 2.05) is 0 Å². The minimum absolute atomic E-state index is 0.198. The van der Waals surface area contributed by atoms with Crippen LogP contribution in [-0.4, -0.2) is 29.7 Å². The van der Waals surface area contributed by atoms with Gasteiger partial charge in [-0.15, -0.1) is 0 Å². The molecule has 0 aromatic carbocycles. The lowest BCUT2D eigenvalue weighted by Crippen LogP contribution is -2.49. The Morgan fingerprint density at radius 2 is 2.21 bits per heavy atom. The van der Waals surface area contributed by atoms with Crippen molar-refractivity contribution in [2.45, 2.75) is 44.7 Å². The van der Waals surface area contributed by atoms with E-state index in [1.54, 1.807) is 6.92 Å². The maximum Gasteiger partial charge on any atom is 0.234 e. The zero-order valence-electron chi connectivity index (χ0n) is 8.70. The number of aliphatic hydroxyl groups is 1. The molecule has 0 aromatic heterocycles. The third-order valence-electron chi connectivity index (χ3n) is 3.03. The van der Waals surface area contributed by atoms with E-state index in [0.717, 1.165) is 12.8 Å². The standard InChI is InChI=1S/C10H20N2O2/c1-7(10(11)14)12-9-5-3-2-4-8(9)6-13/h7-9,12-13H,2-6H2,1H3,(H2,11,14). The molecule has 1 amide bonds. The molecule has 1 rings (SSSR count). The van der Waals surface area contributed by atoms with Crippen molar-refractivity contribution in [3.05, 3.63) is 0 Å². The zero-order valence-corrected chi connectivity index (χ0v) is 8.70. The van der Waals surface area contributed by atoms with Crippen LogP contribution in [-0.2, 0) is 4.79 Å². The molecule has 1 aliphatic carbocycles. The molecule has 0 aliphatic heterocycles. The third kappa shape index (κ3) is 2.96. The summed E-state index contributed by atoms with van der Waals surface area (Å²) >= 11 is 0. The molecular weight excluding hydrogens is 180 g/mol. The summed E-state index contributed by atoms with van der Waals surface area (Å²) in [5.74, 6) is -0.0437. The lowest BCUT2D eigenvalue weighted by atomic mass is 9.84. The van der Waals surface area contributed by atoms with E-state index in [-0.39, 0.29) is 30.5 Å². The molecule has 0 spiro atoms. The monoisotopic (exact) mass is 200 g/mol. The molecule has 0 heterocycles. The molecule has 0 saturated heterocycles. The van der Waals surface area contributed by atoms with Crippen LogP contribution in [0.1, 0.15) is 32.6 Å². The molecule has 14 heavy (non-hydrogen) atoms. The average molecular weight is 200 g/mol. The quantitative estimate of drug-likeness (QED) is 0.598. The van der Waals surface area contributed by atoms with Gasteiger partial charge in [-0.05, 0) is 25.7 Å². The van der Waals surface area contributed by atoms with Gasteiger partial charge in [0, 0.05) is 12.6 Å². The Morgan fingerprint density at radius 3 is 2.79 bits per heavy atom. The number of rotatable bonds is 4. The van der Waals surface area contributed by atoms with Crippen molar-refractivity contribution in [1.82, 2.24) is 5.32 Å². The molecule has 4 nitrogen and oxygen atoms in total. The Labute approximate surface area is 84.9 Å². The van der Waals surface area contributed by atoms with Crippen LogP contribution in [0.15, 0.2) is 0 Å². The van der Waals surface area contributed by atoms with Crippen LogP contribution in [0.5, 0.6) is 0 Å². The van der Waals surface area contributed by atoms with Gasteiger partial charge in [0.25, 0.3) is 0 Å². The SMILES string of the molecule is CC(NC1CCCCC1CO)C(N)=O. The predicted molar refractivity (Wildman–Crippen MR) is 54.6 cm³/mol. The van der Waals surface area contributed by atoms with Crippen molar-refractivity contribution in [2.24, 2.45) is 11.7 Å². The molecule has 4 heteroatoms. The van der Waals surface area contributed by atoms with Gasteiger partial charge in [0.1, 0.15) is 0 Å². The lowest BCUT2D eigenvalue weighted by Gasteiger charge is -2.32. The lowest BCUT2D eigenvalue weighted by molar-refractivity contribution is -0.120. The summed E-state index contributed by atoms with van der Waals surface area (Å²) in [6.45, 7) is 1.97. The summed E-state index contributed by atoms with van der Waals surface area (Å²) in [4.78, 5) is 10.9. The first kappa shape index (κ1) is 11.5.